The molecule has 20 heavy (non-hydrogen) atoms. The molecule has 2 unspecified atom stereocenters. The first-order valence-electron chi connectivity index (χ1n) is 7.70. The zero-order valence-electron chi connectivity index (χ0n) is 12.6. The molecule has 1 aromatic carbocycles. The predicted octanol–water partition coefficient (Wildman–Crippen LogP) is 3.08. The fraction of sp³-hybridized carbons (Fsp3) is 0.588. The van der Waals surface area contributed by atoms with Gasteiger partial charge < -0.3 is 4.90 Å². The molecule has 1 aliphatic carbocycles. The molecular formula is C17H24N2O. The standard InChI is InChI=1S/C17H24N2O/c1-4-17(3)16(20)19(14-10-12(2)11-14)15(18-17)13-8-6-5-7-9-13/h5-9,12,14-15,18H,4,10-11H2,1-3H3. The van der Waals surface area contributed by atoms with Crippen LogP contribution in [0.5, 0.6) is 0 Å². The fourth-order valence-electron chi connectivity index (χ4n) is 3.43. The number of amides is 1. The largest absolute Gasteiger partial charge is 0.318 e. The smallest absolute Gasteiger partial charge is 0.244 e. The van der Waals surface area contributed by atoms with Gasteiger partial charge in [0, 0.05) is 6.04 Å². The molecule has 0 spiro atoms. The molecule has 108 valence electrons. The number of nitrogens with zero attached hydrogens (tertiary/aromatic N) is 1. The summed E-state index contributed by atoms with van der Waals surface area (Å²) in [6.45, 7) is 6.38. The molecule has 0 radical (unpaired) electrons. The van der Waals surface area contributed by atoms with Crippen molar-refractivity contribution in [1.82, 2.24) is 10.2 Å². The van der Waals surface area contributed by atoms with E-state index in [2.05, 4.69) is 36.2 Å². The van der Waals surface area contributed by atoms with E-state index >= 15 is 0 Å². The highest BCUT2D eigenvalue weighted by Gasteiger charge is 2.51. The van der Waals surface area contributed by atoms with Gasteiger partial charge in [-0.05, 0) is 37.7 Å². The van der Waals surface area contributed by atoms with Crippen LogP contribution in [-0.2, 0) is 4.79 Å². The third kappa shape index (κ3) is 2.05. The van der Waals surface area contributed by atoms with Gasteiger partial charge in [0.2, 0.25) is 5.91 Å². The van der Waals surface area contributed by atoms with Gasteiger partial charge in [-0.1, -0.05) is 44.2 Å². The topological polar surface area (TPSA) is 32.3 Å². The van der Waals surface area contributed by atoms with Crippen molar-refractivity contribution in [2.45, 2.75) is 57.8 Å². The Hall–Kier alpha value is -1.35. The SMILES string of the molecule is CCC1(C)NC(c2ccccc2)N(C2CC(C)C2)C1=O. The molecule has 0 aromatic heterocycles. The van der Waals surface area contributed by atoms with E-state index in [1.54, 1.807) is 0 Å². The molecule has 1 N–H and O–H groups in total. The number of hydrogen-bond acceptors (Lipinski definition) is 2. The van der Waals surface area contributed by atoms with Gasteiger partial charge in [-0.2, -0.15) is 0 Å². The highest BCUT2D eigenvalue weighted by Crippen LogP contribution is 2.41. The summed E-state index contributed by atoms with van der Waals surface area (Å²) >= 11 is 0. The molecule has 3 heteroatoms. The predicted molar refractivity (Wildman–Crippen MR) is 80.0 cm³/mol. The van der Waals surface area contributed by atoms with E-state index in [0.29, 0.717) is 6.04 Å². The average Bonchev–Trinajstić information content (AvgIpc) is 2.70. The van der Waals surface area contributed by atoms with Crippen LogP contribution in [-0.4, -0.2) is 22.4 Å². The highest BCUT2D eigenvalue weighted by atomic mass is 16.2. The molecule has 3 rings (SSSR count). The van der Waals surface area contributed by atoms with Crippen LogP contribution >= 0.6 is 0 Å². The second kappa shape index (κ2) is 4.88. The van der Waals surface area contributed by atoms with Crippen molar-refractivity contribution in [1.29, 1.82) is 0 Å². The lowest BCUT2D eigenvalue weighted by Gasteiger charge is -2.42. The second-order valence-corrected chi connectivity index (χ2v) is 6.59. The van der Waals surface area contributed by atoms with E-state index in [-0.39, 0.29) is 12.1 Å². The molecule has 1 amide bonds. The maximum Gasteiger partial charge on any atom is 0.244 e. The second-order valence-electron chi connectivity index (χ2n) is 6.59. The van der Waals surface area contributed by atoms with Crippen molar-refractivity contribution in [3.05, 3.63) is 35.9 Å². The molecule has 0 bridgehead atoms. The van der Waals surface area contributed by atoms with Gasteiger partial charge in [-0.15, -0.1) is 0 Å². The van der Waals surface area contributed by atoms with Crippen LogP contribution in [0, 0.1) is 5.92 Å². The molecule has 1 aromatic rings. The van der Waals surface area contributed by atoms with E-state index < -0.39 is 5.54 Å². The van der Waals surface area contributed by atoms with Crippen molar-refractivity contribution in [2.24, 2.45) is 5.92 Å². The van der Waals surface area contributed by atoms with Crippen molar-refractivity contribution in [3.8, 4) is 0 Å². The monoisotopic (exact) mass is 272 g/mol. The van der Waals surface area contributed by atoms with E-state index in [4.69, 9.17) is 0 Å². The van der Waals surface area contributed by atoms with Gasteiger partial charge in [0.15, 0.2) is 0 Å². The van der Waals surface area contributed by atoms with Gasteiger partial charge >= 0.3 is 0 Å². The first-order chi connectivity index (χ1) is 9.55. The highest BCUT2D eigenvalue weighted by molar-refractivity contribution is 5.89. The van der Waals surface area contributed by atoms with Crippen molar-refractivity contribution in [3.63, 3.8) is 0 Å². The van der Waals surface area contributed by atoms with E-state index in [1.165, 1.54) is 5.56 Å². The Bertz CT molecular complexity index is 495. The molecular weight excluding hydrogens is 248 g/mol. The van der Waals surface area contributed by atoms with Crippen LogP contribution in [0.4, 0.5) is 0 Å². The van der Waals surface area contributed by atoms with Crippen LogP contribution < -0.4 is 5.32 Å². The van der Waals surface area contributed by atoms with Crippen LogP contribution in [0.15, 0.2) is 30.3 Å². The molecule has 2 fully saturated rings. The number of carbonyl (C=O) groups is 1. The Morgan fingerprint density at radius 1 is 1.30 bits per heavy atom. The van der Waals surface area contributed by atoms with Crippen LogP contribution in [0.25, 0.3) is 0 Å². The maximum absolute atomic E-state index is 12.8. The Kier molecular flexibility index (Phi) is 3.33. The van der Waals surface area contributed by atoms with Crippen molar-refractivity contribution < 1.29 is 4.79 Å². The molecule has 2 aliphatic rings. The van der Waals surface area contributed by atoms with Crippen LogP contribution in [0.2, 0.25) is 0 Å². The first kappa shape index (κ1) is 13.6. The quantitative estimate of drug-likeness (QED) is 0.917. The molecule has 1 saturated carbocycles. The number of rotatable bonds is 3. The maximum atomic E-state index is 12.8. The normalized spacial score (nSPS) is 37.0. The number of hydrogen-bond donors (Lipinski definition) is 1. The summed E-state index contributed by atoms with van der Waals surface area (Å²) in [5, 5.41) is 3.57. The minimum atomic E-state index is -0.417. The van der Waals surface area contributed by atoms with Crippen LogP contribution in [0.1, 0.15) is 51.8 Å². The Balaban J connectivity index is 1.92. The number of carbonyl (C=O) groups excluding carboxylic acids is 1. The van der Waals surface area contributed by atoms with Gasteiger partial charge in [0.25, 0.3) is 0 Å². The summed E-state index contributed by atoms with van der Waals surface area (Å²) in [7, 11) is 0. The first-order valence-corrected chi connectivity index (χ1v) is 7.70. The Morgan fingerprint density at radius 3 is 2.50 bits per heavy atom. The zero-order chi connectivity index (χ0) is 14.3. The van der Waals surface area contributed by atoms with Gasteiger partial charge in [0.1, 0.15) is 6.17 Å². The van der Waals surface area contributed by atoms with Gasteiger partial charge in [-0.25, -0.2) is 0 Å². The minimum Gasteiger partial charge on any atom is -0.318 e. The van der Waals surface area contributed by atoms with Crippen molar-refractivity contribution in [2.75, 3.05) is 0 Å². The summed E-state index contributed by atoms with van der Waals surface area (Å²) in [5.41, 5.74) is 0.775. The Labute approximate surface area is 121 Å². The summed E-state index contributed by atoms with van der Waals surface area (Å²) in [6.07, 6.45) is 3.13. The van der Waals surface area contributed by atoms with E-state index in [1.807, 2.05) is 25.1 Å². The Morgan fingerprint density at radius 2 is 1.95 bits per heavy atom. The molecule has 1 aliphatic heterocycles. The van der Waals surface area contributed by atoms with E-state index in [9.17, 15) is 4.79 Å². The average molecular weight is 272 g/mol. The van der Waals surface area contributed by atoms with Gasteiger partial charge in [0.05, 0.1) is 5.54 Å². The lowest BCUT2D eigenvalue weighted by atomic mass is 9.80. The minimum absolute atomic E-state index is 0.0335. The van der Waals surface area contributed by atoms with E-state index in [0.717, 1.165) is 25.2 Å². The number of nitrogens with one attached hydrogen (secondary N) is 1. The third-order valence-electron chi connectivity index (χ3n) is 5.00. The lowest BCUT2D eigenvalue weighted by Crippen LogP contribution is -2.48. The molecule has 3 nitrogen and oxygen atoms in total. The third-order valence-corrected chi connectivity index (χ3v) is 5.00. The lowest BCUT2D eigenvalue weighted by molar-refractivity contribution is -0.137. The summed E-state index contributed by atoms with van der Waals surface area (Å²) in [6, 6.07) is 10.7. The molecule has 1 saturated heterocycles. The summed E-state index contributed by atoms with van der Waals surface area (Å²) < 4.78 is 0. The fourth-order valence-corrected chi connectivity index (χ4v) is 3.43. The summed E-state index contributed by atoms with van der Waals surface area (Å²) in [5.74, 6) is 1.02. The number of benzene rings is 1. The molecule has 1 heterocycles. The zero-order valence-corrected chi connectivity index (χ0v) is 12.6. The summed E-state index contributed by atoms with van der Waals surface area (Å²) in [4.78, 5) is 15.0. The van der Waals surface area contributed by atoms with Gasteiger partial charge in [-0.3, -0.25) is 10.1 Å². The van der Waals surface area contributed by atoms with Crippen molar-refractivity contribution >= 4 is 5.91 Å². The van der Waals surface area contributed by atoms with Crippen LogP contribution in [0.3, 0.4) is 0 Å². The molecule has 2 atom stereocenters.